The maximum atomic E-state index is 11.7. The standard InChI is InChI=1S/C11H19N3O2/c1-14-6-8(4-10(14)15)11(16)13-5-9(12)7-2-3-7/h7-9H,2-6,12H2,1H3,(H,13,16). The predicted molar refractivity (Wildman–Crippen MR) is 59.5 cm³/mol. The van der Waals surface area contributed by atoms with E-state index in [1.165, 1.54) is 12.8 Å². The summed E-state index contributed by atoms with van der Waals surface area (Å²) in [5.41, 5.74) is 5.89. The van der Waals surface area contributed by atoms with Crippen molar-refractivity contribution in [3.05, 3.63) is 0 Å². The maximum Gasteiger partial charge on any atom is 0.225 e. The monoisotopic (exact) mass is 225 g/mol. The molecule has 5 nitrogen and oxygen atoms in total. The zero-order chi connectivity index (χ0) is 11.7. The van der Waals surface area contributed by atoms with Gasteiger partial charge in [0, 0.05) is 32.6 Å². The molecule has 3 N–H and O–H groups in total. The van der Waals surface area contributed by atoms with Gasteiger partial charge in [0.15, 0.2) is 0 Å². The number of carbonyl (C=O) groups is 2. The molecule has 0 radical (unpaired) electrons. The van der Waals surface area contributed by atoms with Crippen molar-refractivity contribution in [3.8, 4) is 0 Å². The Morgan fingerprint density at radius 2 is 2.31 bits per heavy atom. The normalized spacial score (nSPS) is 27.0. The molecule has 2 unspecified atom stereocenters. The Morgan fingerprint density at radius 3 is 2.81 bits per heavy atom. The number of nitrogens with two attached hydrogens (primary N) is 1. The van der Waals surface area contributed by atoms with E-state index in [0.717, 1.165) is 0 Å². The number of nitrogens with zero attached hydrogens (tertiary/aromatic N) is 1. The predicted octanol–water partition coefficient (Wildman–Crippen LogP) is -0.682. The van der Waals surface area contributed by atoms with Gasteiger partial charge in [-0.3, -0.25) is 9.59 Å². The van der Waals surface area contributed by atoms with Crippen LogP contribution in [0.5, 0.6) is 0 Å². The molecule has 0 aromatic carbocycles. The highest BCUT2D eigenvalue weighted by Gasteiger charge is 2.33. The molecule has 1 heterocycles. The van der Waals surface area contributed by atoms with Crippen molar-refractivity contribution in [1.82, 2.24) is 10.2 Å². The minimum Gasteiger partial charge on any atom is -0.354 e. The van der Waals surface area contributed by atoms with E-state index < -0.39 is 0 Å². The van der Waals surface area contributed by atoms with Crippen LogP contribution in [0.2, 0.25) is 0 Å². The molecule has 2 atom stereocenters. The Morgan fingerprint density at radius 1 is 1.62 bits per heavy atom. The topological polar surface area (TPSA) is 75.4 Å². The maximum absolute atomic E-state index is 11.7. The van der Waals surface area contributed by atoms with Crippen LogP contribution >= 0.6 is 0 Å². The van der Waals surface area contributed by atoms with Crippen molar-refractivity contribution in [2.75, 3.05) is 20.1 Å². The molecule has 1 saturated carbocycles. The number of hydrogen-bond donors (Lipinski definition) is 2. The second kappa shape index (κ2) is 4.41. The first kappa shape index (κ1) is 11.4. The number of amides is 2. The Hall–Kier alpha value is -1.10. The largest absolute Gasteiger partial charge is 0.354 e. The number of hydrogen-bond acceptors (Lipinski definition) is 3. The van der Waals surface area contributed by atoms with Crippen molar-refractivity contribution in [2.45, 2.75) is 25.3 Å². The third-order valence-corrected chi connectivity index (χ3v) is 3.45. The third kappa shape index (κ3) is 2.52. The van der Waals surface area contributed by atoms with Crippen molar-refractivity contribution in [1.29, 1.82) is 0 Å². The molecular weight excluding hydrogens is 206 g/mol. The number of nitrogens with one attached hydrogen (secondary N) is 1. The molecule has 2 rings (SSSR count). The van der Waals surface area contributed by atoms with E-state index in [4.69, 9.17) is 5.73 Å². The molecule has 0 aromatic heterocycles. The molecular formula is C11H19N3O2. The second-order valence-corrected chi connectivity index (χ2v) is 4.92. The summed E-state index contributed by atoms with van der Waals surface area (Å²) in [5.74, 6) is 0.414. The van der Waals surface area contributed by atoms with Crippen LogP contribution in [0.15, 0.2) is 0 Å². The fourth-order valence-electron chi connectivity index (χ4n) is 2.09. The first-order valence-corrected chi connectivity index (χ1v) is 5.85. The molecule has 0 aromatic rings. The van der Waals surface area contributed by atoms with Crippen LogP contribution in [0.25, 0.3) is 0 Å². The third-order valence-electron chi connectivity index (χ3n) is 3.45. The van der Waals surface area contributed by atoms with E-state index in [9.17, 15) is 9.59 Å². The van der Waals surface area contributed by atoms with Crippen LogP contribution in [-0.2, 0) is 9.59 Å². The van der Waals surface area contributed by atoms with Gasteiger partial charge in [0.05, 0.1) is 5.92 Å². The van der Waals surface area contributed by atoms with Crippen molar-refractivity contribution < 1.29 is 9.59 Å². The first-order valence-electron chi connectivity index (χ1n) is 5.85. The smallest absolute Gasteiger partial charge is 0.225 e. The molecule has 5 heteroatoms. The zero-order valence-electron chi connectivity index (χ0n) is 9.61. The molecule has 90 valence electrons. The van der Waals surface area contributed by atoms with Crippen LogP contribution in [0.3, 0.4) is 0 Å². The van der Waals surface area contributed by atoms with Crippen molar-refractivity contribution in [3.63, 3.8) is 0 Å². The van der Waals surface area contributed by atoms with E-state index in [2.05, 4.69) is 5.32 Å². The molecule has 2 aliphatic rings. The van der Waals surface area contributed by atoms with Crippen molar-refractivity contribution in [2.24, 2.45) is 17.6 Å². The van der Waals surface area contributed by atoms with Gasteiger partial charge in [0.1, 0.15) is 0 Å². The summed E-state index contributed by atoms with van der Waals surface area (Å²) in [4.78, 5) is 24.6. The van der Waals surface area contributed by atoms with Gasteiger partial charge in [-0.1, -0.05) is 0 Å². The van der Waals surface area contributed by atoms with Gasteiger partial charge in [-0.05, 0) is 18.8 Å². The lowest BCUT2D eigenvalue weighted by molar-refractivity contribution is -0.128. The highest BCUT2D eigenvalue weighted by atomic mass is 16.2. The summed E-state index contributed by atoms with van der Waals surface area (Å²) < 4.78 is 0. The van der Waals surface area contributed by atoms with Crippen LogP contribution in [0.4, 0.5) is 0 Å². The van der Waals surface area contributed by atoms with Gasteiger partial charge >= 0.3 is 0 Å². The van der Waals surface area contributed by atoms with E-state index in [0.29, 0.717) is 25.4 Å². The van der Waals surface area contributed by atoms with Gasteiger partial charge in [-0.25, -0.2) is 0 Å². The Balaban J connectivity index is 1.73. The molecule has 1 aliphatic carbocycles. The van der Waals surface area contributed by atoms with Crippen LogP contribution < -0.4 is 11.1 Å². The van der Waals surface area contributed by atoms with E-state index >= 15 is 0 Å². The van der Waals surface area contributed by atoms with Gasteiger partial charge in [0.2, 0.25) is 11.8 Å². The summed E-state index contributed by atoms with van der Waals surface area (Å²) in [6, 6.07) is 0.0822. The highest BCUT2D eigenvalue weighted by Crippen LogP contribution is 2.31. The summed E-state index contributed by atoms with van der Waals surface area (Å²) in [5, 5.41) is 2.84. The van der Waals surface area contributed by atoms with Crippen molar-refractivity contribution >= 4 is 11.8 Å². The molecule has 0 bridgehead atoms. The molecule has 2 fully saturated rings. The molecule has 1 aliphatic heterocycles. The fourth-order valence-corrected chi connectivity index (χ4v) is 2.09. The minimum absolute atomic E-state index is 0.0335. The molecule has 2 amide bonds. The fraction of sp³-hybridized carbons (Fsp3) is 0.818. The molecule has 0 spiro atoms. The summed E-state index contributed by atoms with van der Waals surface area (Å²) in [6.45, 7) is 1.07. The SMILES string of the molecule is CN1CC(C(=O)NCC(N)C2CC2)CC1=O. The van der Waals surface area contributed by atoms with Gasteiger partial charge in [-0.2, -0.15) is 0 Å². The first-order chi connectivity index (χ1) is 7.58. The van der Waals surface area contributed by atoms with Crippen LogP contribution in [0.1, 0.15) is 19.3 Å². The van der Waals surface area contributed by atoms with E-state index in [-0.39, 0.29) is 23.8 Å². The quantitative estimate of drug-likeness (QED) is 0.665. The average molecular weight is 225 g/mol. The second-order valence-electron chi connectivity index (χ2n) is 4.92. The molecule has 1 saturated heterocycles. The lowest BCUT2D eigenvalue weighted by Gasteiger charge is -2.14. The van der Waals surface area contributed by atoms with Crippen LogP contribution in [0, 0.1) is 11.8 Å². The lowest BCUT2D eigenvalue weighted by Crippen LogP contribution is -2.41. The number of likely N-dealkylation sites (tertiary alicyclic amines) is 1. The summed E-state index contributed by atoms with van der Waals surface area (Å²) in [7, 11) is 1.73. The Kier molecular flexibility index (Phi) is 3.14. The lowest BCUT2D eigenvalue weighted by atomic mass is 10.1. The zero-order valence-corrected chi connectivity index (χ0v) is 9.61. The van der Waals surface area contributed by atoms with Gasteiger partial charge < -0.3 is 16.0 Å². The van der Waals surface area contributed by atoms with Gasteiger partial charge in [0.25, 0.3) is 0 Å². The summed E-state index contributed by atoms with van der Waals surface area (Å²) in [6.07, 6.45) is 2.70. The van der Waals surface area contributed by atoms with E-state index in [1.807, 2.05) is 0 Å². The minimum atomic E-state index is -0.191. The number of rotatable bonds is 4. The van der Waals surface area contributed by atoms with Crippen LogP contribution in [-0.4, -0.2) is 42.9 Å². The highest BCUT2D eigenvalue weighted by molar-refractivity contribution is 5.89. The van der Waals surface area contributed by atoms with E-state index in [1.54, 1.807) is 11.9 Å². The van der Waals surface area contributed by atoms with Gasteiger partial charge in [-0.15, -0.1) is 0 Å². The summed E-state index contributed by atoms with van der Waals surface area (Å²) >= 11 is 0. The number of carbonyl (C=O) groups excluding carboxylic acids is 2. The molecule has 16 heavy (non-hydrogen) atoms. The average Bonchev–Trinajstić information content (AvgIpc) is 3.03. The Bertz CT molecular complexity index is 302. The Labute approximate surface area is 95.3 Å².